The molecule has 0 radical (unpaired) electrons. The highest BCUT2D eigenvalue weighted by molar-refractivity contribution is 6.05. The number of aryl methyl sites for hydroxylation is 3. The average molecular weight is 1420 g/mol. The van der Waals surface area contributed by atoms with Gasteiger partial charge in [-0.2, -0.15) is 0 Å². The van der Waals surface area contributed by atoms with Crippen molar-refractivity contribution in [2.75, 3.05) is 80.5 Å². The molecule has 0 saturated carbocycles. The van der Waals surface area contributed by atoms with Crippen LogP contribution in [-0.4, -0.2) is 152 Å². The summed E-state index contributed by atoms with van der Waals surface area (Å²) in [7, 11) is 6.89. The minimum absolute atomic E-state index is 0.00374. The first kappa shape index (κ1) is 77.1. The molecule has 13 heteroatoms. The van der Waals surface area contributed by atoms with Gasteiger partial charge in [-0.25, -0.2) is 0 Å². The number of carbonyl (C=O) groups is 8. The van der Waals surface area contributed by atoms with Gasteiger partial charge in [0, 0.05) is 161 Å². The van der Waals surface area contributed by atoms with Gasteiger partial charge in [-0.3, -0.25) is 53.1 Å². The third-order valence-corrected chi connectivity index (χ3v) is 21.6. The summed E-state index contributed by atoms with van der Waals surface area (Å²) in [4.78, 5) is 118. The zero-order valence-electron chi connectivity index (χ0n) is 62.6. The molecular weight excluding hydrogens is 1330 g/mol. The van der Waals surface area contributed by atoms with E-state index in [2.05, 4.69) is 49.1 Å². The molecule has 13 nitrogen and oxygen atoms in total. The van der Waals surface area contributed by atoms with E-state index < -0.39 is 23.7 Å². The van der Waals surface area contributed by atoms with Crippen LogP contribution < -0.4 is 0 Å². The highest BCUT2D eigenvalue weighted by Crippen LogP contribution is 2.45. The van der Waals surface area contributed by atoms with Crippen molar-refractivity contribution in [3.05, 3.63) is 357 Å². The summed E-state index contributed by atoms with van der Waals surface area (Å²) in [6.45, 7) is 12.2. The van der Waals surface area contributed by atoms with Crippen LogP contribution in [0.2, 0.25) is 0 Å². The third-order valence-electron chi connectivity index (χ3n) is 21.6. The number of Topliss-reactive ketones (excluding diaryl/α,β-unsaturated/α-hetero) is 6. The highest BCUT2D eigenvalue weighted by Gasteiger charge is 2.49. The minimum Gasteiger partial charge on any atom is -0.348 e. The SMILES string of the molecule is Cc1ccc(C2[C@@H](C(=O)c3ccccc3)CN(CC(=O)N(C)C)C[C@@H]2C(=O)c2ccccc2)cc1.Cc1ccc(C2[C@@H](C(=O)c3ccccc3)CN(CC(=O)N(C)C)C[C@H]2C(=O)c2ccccc2)cc1.Cc1cccc(C2[C@@H](C(=O)c3ccccc3)CN(Cc3ccccc3)C[C@@H]2C(=O)c2ccccc2)c1C. The largest absolute Gasteiger partial charge is 0.348 e. The number of hydrogen-bond donors (Lipinski definition) is 0. The van der Waals surface area contributed by atoms with E-state index in [1.807, 2.05) is 272 Å². The van der Waals surface area contributed by atoms with Crippen LogP contribution >= 0.6 is 0 Å². The van der Waals surface area contributed by atoms with E-state index in [1.54, 1.807) is 38.0 Å². The van der Waals surface area contributed by atoms with E-state index in [4.69, 9.17) is 0 Å². The second kappa shape index (κ2) is 36.4. The second-order valence-corrected chi connectivity index (χ2v) is 29.4. The van der Waals surface area contributed by atoms with Gasteiger partial charge in [0.05, 0.1) is 13.1 Å². The molecule has 3 fully saturated rings. The number of piperidine rings is 3. The van der Waals surface area contributed by atoms with Gasteiger partial charge in [-0.15, -0.1) is 0 Å². The molecule has 107 heavy (non-hydrogen) atoms. The summed E-state index contributed by atoms with van der Waals surface area (Å²) >= 11 is 0. The van der Waals surface area contributed by atoms with Crippen molar-refractivity contribution >= 4 is 46.5 Å². The first-order chi connectivity index (χ1) is 51.7. The summed E-state index contributed by atoms with van der Waals surface area (Å²) in [5.41, 5.74) is 12.8. The lowest BCUT2D eigenvalue weighted by Gasteiger charge is -2.43. The van der Waals surface area contributed by atoms with Crippen LogP contribution in [0.4, 0.5) is 0 Å². The van der Waals surface area contributed by atoms with E-state index in [9.17, 15) is 38.4 Å². The summed E-state index contributed by atoms with van der Waals surface area (Å²) in [5.74, 6) is -3.14. The molecule has 3 aliphatic rings. The number of hydrogen-bond acceptors (Lipinski definition) is 11. The lowest BCUT2D eigenvalue weighted by Crippen LogP contribution is -2.52. The van der Waals surface area contributed by atoms with Crippen LogP contribution in [0, 0.1) is 63.2 Å². The molecule has 546 valence electrons. The predicted octanol–water partition coefficient (Wildman–Crippen LogP) is 15.9. The van der Waals surface area contributed by atoms with Gasteiger partial charge in [0.25, 0.3) is 0 Å². The Morgan fingerprint density at radius 1 is 0.290 bits per heavy atom. The number of ketones is 6. The molecule has 7 atom stereocenters. The van der Waals surface area contributed by atoms with Crippen molar-refractivity contribution in [1.82, 2.24) is 24.5 Å². The van der Waals surface area contributed by atoms with E-state index in [1.165, 1.54) is 16.7 Å². The summed E-state index contributed by atoms with van der Waals surface area (Å²) < 4.78 is 0. The second-order valence-electron chi connectivity index (χ2n) is 29.4. The maximum Gasteiger partial charge on any atom is 0.236 e. The average Bonchev–Trinajstić information content (AvgIpc) is 0.775. The fourth-order valence-corrected chi connectivity index (χ4v) is 15.8. The molecule has 3 saturated heterocycles. The molecule has 0 spiro atoms. The van der Waals surface area contributed by atoms with Crippen molar-refractivity contribution < 1.29 is 38.4 Å². The first-order valence-corrected chi connectivity index (χ1v) is 37.1. The molecule has 3 aliphatic heterocycles. The Kier molecular flexibility index (Phi) is 26.2. The van der Waals surface area contributed by atoms with Crippen LogP contribution in [0.15, 0.2) is 279 Å². The number of amides is 2. The number of benzene rings is 10. The van der Waals surface area contributed by atoms with Crippen LogP contribution in [-0.2, 0) is 16.1 Å². The van der Waals surface area contributed by atoms with E-state index in [-0.39, 0.29) is 89.2 Å². The fraction of sp³-hybridized carbons (Fsp3) is 0.277. The highest BCUT2D eigenvalue weighted by atomic mass is 16.2. The Morgan fingerprint density at radius 3 is 0.813 bits per heavy atom. The molecule has 10 aromatic rings. The molecule has 0 N–H and O–H groups in total. The van der Waals surface area contributed by atoms with Crippen molar-refractivity contribution in [3.63, 3.8) is 0 Å². The first-order valence-electron chi connectivity index (χ1n) is 37.1. The Bertz CT molecular complexity index is 4280. The number of carbonyl (C=O) groups excluding carboxylic acids is 8. The van der Waals surface area contributed by atoms with Crippen LogP contribution in [0.25, 0.3) is 0 Å². The Morgan fingerprint density at radius 2 is 0.542 bits per heavy atom. The molecular formula is C94H97N5O8. The van der Waals surface area contributed by atoms with Gasteiger partial charge < -0.3 is 9.80 Å². The molecule has 10 aromatic carbocycles. The van der Waals surface area contributed by atoms with Gasteiger partial charge in [-0.1, -0.05) is 290 Å². The number of likely N-dealkylation sites (N-methyl/N-ethyl adjacent to an activating group) is 2. The Balaban J connectivity index is 0.000000160. The van der Waals surface area contributed by atoms with Crippen molar-refractivity contribution in [2.45, 2.75) is 52.0 Å². The minimum atomic E-state index is -0.457. The number of nitrogens with zero attached hydrogens (tertiary/aromatic N) is 5. The third kappa shape index (κ3) is 19.2. The van der Waals surface area contributed by atoms with E-state index >= 15 is 0 Å². The van der Waals surface area contributed by atoms with Gasteiger partial charge in [0.15, 0.2) is 34.7 Å². The predicted molar refractivity (Wildman–Crippen MR) is 424 cm³/mol. The Labute approximate surface area is 630 Å². The zero-order chi connectivity index (χ0) is 75.7. The summed E-state index contributed by atoms with van der Waals surface area (Å²) in [6.07, 6.45) is 0. The van der Waals surface area contributed by atoms with Gasteiger partial charge in [0.1, 0.15) is 0 Å². The van der Waals surface area contributed by atoms with Crippen LogP contribution in [0.1, 0.15) is 124 Å². The van der Waals surface area contributed by atoms with E-state index in [0.29, 0.717) is 79.2 Å². The maximum atomic E-state index is 14.1. The van der Waals surface area contributed by atoms with Gasteiger partial charge in [0.2, 0.25) is 11.8 Å². The number of rotatable bonds is 21. The summed E-state index contributed by atoms with van der Waals surface area (Å²) in [5, 5.41) is 0. The fourth-order valence-electron chi connectivity index (χ4n) is 15.8. The molecule has 0 aliphatic carbocycles. The van der Waals surface area contributed by atoms with Crippen molar-refractivity contribution in [1.29, 1.82) is 0 Å². The lowest BCUT2D eigenvalue weighted by atomic mass is 9.67. The molecule has 13 rings (SSSR count). The van der Waals surface area contributed by atoms with Gasteiger partial charge >= 0.3 is 0 Å². The normalized spacial score (nSPS) is 19.1. The molecule has 1 unspecified atom stereocenters. The van der Waals surface area contributed by atoms with Gasteiger partial charge in [-0.05, 0) is 61.1 Å². The van der Waals surface area contributed by atoms with Crippen LogP contribution in [0.5, 0.6) is 0 Å². The lowest BCUT2D eigenvalue weighted by molar-refractivity contribution is -0.131. The number of likely N-dealkylation sites (tertiary alicyclic amines) is 3. The summed E-state index contributed by atoms with van der Waals surface area (Å²) in [6, 6.07) is 89.0. The monoisotopic (exact) mass is 1420 g/mol. The molecule has 0 aromatic heterocycles. The van der Waals surface area contributed by atoms with E-state index in [0.717, 1.165) is 27.8 Å². The molecule has 0 bridgehead atoms. The molecule has 2 amide bonds. The quantitative estimate of drug-likeness (QED) is 0.0632. The smallest absolute Gasteiger partial charge is 0.236 e. The van der Waals surface area contributed by atoms with Crippen LogP contribution in [0.3, 0.4) is 0 Å². The standard InChI is InChI=1S/C34H33NO2.2C30H32N2O3/c1-24-13-12-20-29(25(24)2)32-30(33(36)27-16-8-4-9-17-27)22-35(21-26-14-6-3-7-15-26)23-31(32)34(37)28-18-10-5-11-19-28;2*1-21-14-16-22(17-15-21)28-25(29(34)23-10-6-4-7-11-23)18-32(20-27(33)31(2)3)19-26(28)30(35)24-12-8-5-9-13-24/h3-20,30-32H,21-23H2,1-2H3;2*4-17,25-26,28H,18-20H2,1-3H3/t30-,31-;25-,26+,28?;25-,26-/m0.0/s1. The maximum absolute atomic E-state index is 14.1. The topological polar surface area (TPSA) is 153 Å². The zero-order valence-corrected chi connectivity index (χ0v) is 62.6. The van der Waals surface area contributed by atoms with Crippen molar-refractivity contribution in [3.8, 4) is 0 Å². The Hall–Kier alpha value is -11.0. The molecule has 3 heterocycles. The van der Waals surface area contributed by atoms with Crippen molar-refractivity contribution in [2.24, 2.45) is 35.5 Å².